The van der Waals surface area contributed by atoms with Crippen LogP contribution in [0, 0.1) is 6.92 Å². The Bertz CT molecular complexity index is 1130. The lowest BCUT2D eigenvalue weighted by Crippen LogP contribution is -2.41. The summed E-state index contributed by atoms with van der Waals surface area (Å²) in [6.45, 7) is 2.18. The Kier molecular flexibility index (Phi) is 7.89. The van der Waals surface area contributed by atoms with Crippen molar-refractivity contribution in [1.82, 2.24) is 5.32 Å². The smallest absolute Gasteiger partial charge is 0.264 e. The summed E-state index contributed by atoms with van der Waals surface area (Å²) >= 11 is 0. The summed E-state index contributed by atoms with van der Waals surface area (Å²) in [5.41, 5.74) is 2.77. The monoisotopic (exact) mass is 452 g/mol. The summed E-state index contributed by atoms with van der Waals surface area (Å²) in [6.07, 6.45) is 1.60. The molecule has 0 spiro atoms. The molecule has 0 aromatic heterocycles. The standard InChI is InChI=1S/C25H28N2O4S/c1-20-13-15-21(16-14-20)8-7-17-26-25(28)19-27(22-9-6-10-23(18-22)31-2)32(29,30)24-11-4-3-5-12-24/h3-6,9-16,18H,7-8,17,19H2,1-2H3,(H,26,28). The van der Waals surface area contributed by atoms with Gasteiger partial charge >= 0.3 is 0 Å². The fourth-order valence-corrected chi connectivity index (χ4v) is 4.70. The molecule has 0 unspecified atom stereocenters. The lowest BCUT2D eigenvalue weighted by Gasteiger charge is -2.24. The first-order valence-corrected chi connectivity index (χ1v) is 11.9. The summed E-state index contributed by atoms with van der Waals surface area (Å²) in [6, 6.07) is 23.0. The number of nitrogens with one attached hydrogen (secondary N) is 1. The number of ether oxygens (including phenoxy) is 1. The van der Waals surface area contributed by atoms with Gasteiger partial charge in [-0.15, -0.1) is 0 Å². The Morgan fingerprint density at radius 2 is 1.69 bits per heavy atom. The highest BCUT2D eigenvalue weighted by Crippen LogP contribution is 2.26. The molecule has 0 bridgehead atoms. The summed E-state index contributed by atoms with van der Waals surface area (Å²) in [7, 11) is -2.43. The van der Waals surface area contributed by atoms with Crippen LogP contribution < -0.4 is 14.4 Å². The van der Waals surface area contributed by atoms with Crippen molar-refractivity contribution in [1.29, 1.82) is 0 Å². The van der Waals surface area contributed by atoms with E-state index < -0.39 is 10.0 Å². The highest BCUT2D eigenvalue weighted by molar-refractivity contribution is 7.92. The number of hydrogen-bond donors (Lipinski definition) is 1. The van der Waals surface area contributed by atoms with E-state index in [1.807, 2.05) is 6.92 Å². The maximum Gasteiger partial charge on any atom is 0.264 e. The lowest BCUT2D eigenvalue weighted by atomic mass is 10.1. The van der Waals surface area contributed by atoms with Crippen molar-refractivity contribution in [3.05, 3.63) is 90.0 Å². The summed E-state index contributed by atoms with van der Waals surface area (Å²) < 4.78 is 33.0. The third-order valence-corrected chi connectivity index (χ3v) is 6.83. The molecule has 0 aliphatic rings. The van der Waals surface area contributed by atoms with Crippen molar-refractivity contribution in [2.45, 2.75) is 24.7 Å². The molecular weight excluding hydrogens is 424 g/mol. The number of carbonyl (C=O) groups excluding carboxylic acids is 1. The zero-order valence-corrected chi connectivity index (χ0v) is 19.1. The first kappa shape index (κ1) is 23.3. The molecule has 1 amide bonds. The highest BCUT2D eigenvalue weighted by Gasteiger charge is 2.27. The van der Waals surface area contributed by atoms with Crippen LogP contribution in [0.25, 0.3) is 0 Å². The largest absolute Gasteiger partial charge is 0.497 e. The van der Waals surface area contributed by atoms with Gasteiger partial charge in [0, 0.05) is 12.6 Å². The third kappa shape index (κ3) is 6.11. The van der Waals surface area contributed by atoms with E-state index in [4.69, 9.17) is 4.74 Å². The molecule has 3 aromatic carbocycles. The fourth-order valence-electron chi connectivity index (χ4n) is 3.26. The van der Waals surface area contributed by atoms with E-state index in [1.165, 1.54) is 30.4 Å². The zero-order valence-electron chi connectivity index (χ0n) is 18.3. The number of nitrogens with zero attached hydrogens (tertiary/aromatic N) is 1. The number of sulfonamides is 1. The van der Waals surface area contributed by atoms with Gasteiger partial charge in [0.25, 0.3) is 10.0 Å². The summed E-state index contributed by atoms with van der Waals surface area (Å²) in [4.78, 5) is 12.8. The molecule has 6 nitrogen and oxygen atoms in total. The fraction of sp³-hybridized carbons (Fsp3) is 0.240. The van der Waals surface area contributed by atoms with E-state index >= 15 is 0 Å². The minimum absolute atomic E-state index is 0.120. The summed E-state index contributed by atoms with van der Waals surface area (Å²) in [5.74, 6) is 0.144. The Balaban J connectivity index is 1.70. The van der Waals surface area contributed by atoms with Crippen LogP contribution in [0.1, 0.15) is 17.5 Å². The average Bonchev–Trinajstić information content (AvgIpc) is 2.82. The molecule has 0 radical (unpaired) electrons. The number of methoxy groups -OCH3 is 1. The minimum atomic E-state index is -3.93. The van der Waals surface area contributed by atoms with E-state index in [0.717, 1.165) is 17.1 Å². The Hall–Kier alpha value is -3.32. The van der Waals surface area contributed by atoms with Crippen molar-refractivity contribution in [2.24, 2.45) is 0 Å². The van der Waals surface area contributed by atoms with E-state index in [1.54, 1.807) is 42.5 Å². The number of carbonyl (C=O) groups is 1. The van der Waals surface area contributed by atoms with Crippen molar-refractivity contribution in [2.75, 3.05) is 24.5 Å². The van der Waals surface area contributed by atoms with Gasteiger partial charge in [0.1, 0.15) is 12.3 Å². The first-order valence-electron chi connectivity index (χ1n) is 10.4. The van der Waals surface area contributed by atoms with Gasteiger partial charge in [-0.2, -0.15) is 0 Å². The average molecular weight is 453 g/mol. The first-order chi connectivity index (χ1) is 15.4. The maximum atomic E-state index is 13.3. The quantitative estimate of drug-likeness (QED) is 0.473. The molecule has 0 aliphatic heterocycles. The molecule has 0 saturated heterocycles. The number of aryl methyl sites for hydroxylation is 2. The van der Waals surface area contributed by atoms with Gasteiger partial charge in [-0.25, -0.2) is 8.42 Å². The molecular formula is C25H28N2O4S. The minimum Gasteiger partial charge on any atom is -0.497 e. The normalized spacial score (nSPS) is 11.1. The molecule has 0 heterocycles. The highest BCUT2D eigenvalue weighted by atomic mass is 32.2. The molecule has 7 heteroatoms. The Morgan fingerprint density at radius 3 is 2.38 bits per heavy atom. The predicted molar refractivity (Wildman–Crippen MR) is 126 cm³/mol. The predicted octanol–water partition coefficient (Wildman–Crippen LogP) is 3.95. The van der Waals surface area contributed by atoms with Gasteiger partial charge in [-0.05, 0) is 49.6 Å². The zero-order chi connectivity index (χ0) is 23.0. The van der Waals surface area contributed by atoms with Crippen LogP contribution in [-0.2, 0) is 21.2 Å². The molecule has 32 heavy (non-hydrogen) atoms. The van der Waals surface area contributed by atoms with Crippen LogP contribution in [0.5, 0.6) is 5.75 Å². The van der Waals surface area contributed by atoms with Crippen molar-refractivity contribution in [3.8, 4) is 5.75 Å². The van der Waals surface area contributed by atoms with Gasteiger partial charge in [-0.1, -0.05) is 54.1 Å². The number of benzene rings is 3. The Labute approximate surface area is 189 Å². The van der Waals surface area contributed by atoms with Gasteiger partial charge < -0.3 is 10.1 Å². The molecule has 3 rings (SSSR count). The third-order valence-electron chi connectivity index (χ3n) is 5.04. The van der Waals surface area contributed by atoms with Crippen molar-refractivity contribution in [3.63, 3.8) is 0 Å². The van der Waals surface area contributed by atoms with Gasteiger partial charge in [-0.3, -0.25) is 9.10 Å². The van der Waals surface area contributed by atoms with E-state index in [2.05, 4.69) is 29.6 Å². The van der Waals surface area contributed by atoms with Crippen LogP contribution in [0.3, 0.4) is 0 Å². The van der Waals surface area contributed by atoms with Crippen LogP contribution in [0.2, 0.25) is 0 Å². The molecule has 0 fully saturated rings. The van der Waals surface area contributed by atoms with Crippen LogP contribution >= 0.6 is 0 Å². The molecule has 3 aromatic rings. The molecule has 0 saturated carbocycles. The van der Waals surface area contributed by atoms with Crippen LogP contribution in [0.15, 0.2) is 83.8 Å². The maximum absolute atomic E-state index is 13.3. The SMILES string of the molecule is COc1cccc(N(CC(=O)NCCCc2ccc(C)cc2)S(=O)(=O)c2ccccc2)c1. The van der Waals surface area contributed by atoms with E-state index in [-0.39, 0.29) is 17.3 Å². The molecule has 1 N–H and O–H groups in total. The number of amides is 1. The molecule has 0 aliphatic carbocycles. The van der Waals surface area contributed by atoms with Crippen LogP contribution in [-0.4, -0.2) is 34.5 Å². The second-order valence-corrected chi connectivity index (χ2v) is 9.33. The summed E-state index contributed by atoms with van der Waals surface area (Å²) in [5, 5.41) is 2.84. The number of anilines is 1. The molecule has 168 valence electrons. The van der Waals surface area contributed by atoms with Gasteiger partial charge in [0.2, 0.25) is 5.91 Å². The molecule has 0 atom stereocenters. The number of hydrogen-bond acceptors (Lipinski definition) is 4. The number of rotatable bonds is 10. The second kappa shape index (κ2) is 10.8. The van der Waals surface area contributed by atoms with Gasteiger partial charge in [0.15, 0.2) is 0 Å². The Morgan fingerprint density at radius 1 is 0.969 bits per heavy atom. The van der Waals surface area contributed by atoms with Crippen molar-refractivity contribution >= 4 is 21.6 Å². The second-order valence-electron chi connectivity index (χ2n) is 7.47. The van der Waals surface area contributed by atoms with Gasteiger partial charge in [0.05, 0.1) is 17.7 Å². The van der Waals surface area contributed by atoms with Crippen molar-refractivity contribution < 1.29 is 17.9 Å². The lowest BCUT2D eigenvalue weighted by molar-refractivity contribution is -0.119. The van der Waals surface area contributed by atoms with Crippen LogP contribution in [0.4, 0.5) is 5.69 Å². The topological polar surface area (TPSA) is 75.7 Å². The van der Waals surface area contributed by atoms with E-state index in [9.17, 15) is 13.2 Å². The van der Waals surface area contributed by atoms with E-state index in [0.29, 0.717) is 18.0 Å².